The third-order valence-corrected chi connectivity index (χ3v) is 4.90. The molecule has 3 heteroatoms. The van der Waals surface area contributed by atoms with Crippen LogP contribution >= 0.6 is 0 Å². The first-order chi connectivity index (χ1) is 12.7. The molecule has 0 bridgehead atoms. The molecule has 0 aliphatic heterocycles. The summed E-state index contributed by atoms with van der Waals surface area (Å²) in [5.41, 5.74) is 5.09. The maximum Gasteiger partial charge on any atom is 0.263 e. The van der Waals surface area contributed by atoms with Gasteiger partial charge in [-0.25, -0.2) is 0 Å². The maximum atomic E-state index is 13.6. The minimum absolute atomic E-state index is 0.0502. The van der Waals surface area contributed by atoms with E-state index in [1.165, 1.54) is 0 Å². The van der Waals surface area contributed by atoms with E-state index in [0.717, 1.165) is 58.1 Å². The zero-order valence-corrected chi connectivity index (χ0v) is 15.2. The second-order valence-corrected chi connectivity index (χ2v) is 6.76. The van der Waals surface area contributed by atoms with Crippen LogP contribution in [0.3, 0.4) is 0 Å². The SMILES string of the molecule is CCc1cc2cccc(-c3cncc(C)c3)c2c(=O)n1C1=CCCC=C1. The third kappa shape index (κ3) is 2.80. The molecule has 0 N–H and O–H groups in total. The molecule has 0 spiro atoms. The molecule has 0 atom stereocenters. The summed E-state index contributed by atoms with van der Waals surface area (Å²) in [6, 6.07) is 10.3. The molecule has 130 valence electrons. The summed E-state index contributed by atoms with van der Waals surface area (Å²) < 4.78 is 1.88. The summed E-state index contributed by atoms with van der Waals surface area (Å²) in [4.78, 5) is 17.9. The van der Waals surface area contributed by atoms with Crippen LogP contribution in [0.2, 0.25) is 0 Å². The summed E-state index contributed by atoms with van der Waals surface area (Å²) in [5.74, 6) is 0. The highest BCUT2D eigenvalue weighted by molar-refractivity contribution is 5.96. The van der Waals surface area contributed by atoms with Gasteiger partial charge in [-0.3, -0.25) is 14.3 Å². The van der Waals surface area contributed by atoms with Crippen molar-refractivity contribution >= 4 is 16.5 Å². The number of pyridine rings is 2. The Balaban J connectivity index is 2.06. The van der Waals surface area contributed by atoms with E-state index in [0.29, 0.717) is 0 Å². The van der Waals surface area contributed by atoms with Gasteiger partial charge in [0.2, 0.25) is 0 Å². The lowest BCUT2D eigenvalue weighted by atomic mass is 9.98. The van der Waals surface area contributed by atoms with Crippen molar-refractivity contribution in [3.63, 3.8) is 0 Å². The molecular formula is C23H22N2O. The van der Waals surface area contributed by atoms with Crippen LogP contribution in [0.1, 0.15) is 31.0 Å². The van der Waals surface area contributed by atoms with Gasteiger partial charge in [0, 0.05) is 29.3 Å². The van der Waals surface area contributed by atoms with Gasteiger partial charge in [-0.2, -0.15) is 0 Å². The second-order valence-electron chi connectivity index (χ2n) is 6.76. The average molecular weight is 342 g/mol. The maximum absolute atomic E-state index is 13.6. The summed E-state index contributed by atoms with van der Waals surface area (Å²) in [5, 5.41) is 1.75. The van der Waals surface area contributed by atoms with Crippen LogP contribution in [0.4, 0.5) is 0 Å². The summed E-state index contributed by atoms with van der Waals surface area (Å²) in [7, 11) is 0. The Bertz CT molecular complexity index is 1100. The van der Waals surface area contributed by atoms with Crippen molar-refractivity contribution in [2.45, 2.75) is 33.1 Å². The highest BCUT2D eigenvalue weighted by Crippen LogP contribution is 2.28. The molecule has 0 amide bonds. The number of nitrogens with zero attached hydrogens (tertiary/aromatic N) is 2. The van der Waals surface area contributed by atoms with Crippen LogP contribution in [0, 0.1) is 6.92 Å². The number of aromatic nitrogens is 2. The van der Waals surface area contributed by atoms with E-state index in [1.54, 1.807) is 0 Å². The zero-order chi connectivity index (χ0) is 18.1. The first kappa shape index (κ1) is 16.5. The molecular weight excluding hydrogens is 320 g/mol. The standard InChI is InChI=1S/C23H22N2O/c1-3-19-13-17-8-7-11-21(18-12-16(2)14-24-15-18)22(17)23(26)25(19)20-9-5-4-6-10-20/h5,7-15H,3-4,6H2,1-2H3. The number of hydrogen-bond acceptors (Lipinski definition) is 2. The van der Waals surface area contributed by atoms with Crippen molar-refractivity contribution < 1.29 is 0 Å². The summed E-state index contributed by atoms with van der Waals surface area (Å²) >= 11 is 0. The third-order valence-electron chi connectivity index (χ3n) is 4.90. The quantitative estimate of drug-likeness (QED) is 0.662. The van der Waals surface area contributed by atoms with Crippen molar-refractivity contribution in [3.05, 3.63) is 82.6 Å². The van der Waals surface area contributed by atoms with E-state index in [9.17, 15) is 4.79 Å². The second kappa shape index (κ2) is 6.75. The smallest absolute Gasteiger partial charge is 0.263 e. The number of hydrogen-bond donors (Lipinski definition) is 0. The zero-order valence-electron chi connectivity index (χ0n) is 15.2. The average Bonchev–Trinajstić information content (AvgIpc) is 2.68. The van der Waals surface area contributed by atoms with E-state index in [2.05, 4.69) is 42.3 Å². The van der Waals surface area contributed by atoms with Crippen LogP contribution in [0.15, 0.2) is 65.7 Å². The minimum Gasteiger partial charge on any atom is -0.281 e. The highest BCUT2D eigenvalue weighted by atomic mass is 16.1. The molecule has 26 heavy (non-hydrogen) atoms. The van der Waals surface area contributed by atoms with Crippen molar-refractivity contribution in [2.24, 2.45) is 0 Å². The fourth-order valence-corrected chi connectivity index (χ4v) is 3.67. The summed E-state index contributed by atoms with van der Waals surface area (Å²) in [6.07, 6.45) is 12.8. The van der Waals surface area contributed by atoms with Crippen LogP contribution in [-0.2, 0) is 6.42 Å². The lowest BCUT2D eigenvalue weighted by Gasteiger charge is -2.17. The molecule has 0 saturated heterocycles. The molecule has 0 unspecified atom stereocenters. The lowest BCUT2D eigenvalue weighted by Crippen LogP contribution is -2.23. The fourth-order valence-electron chi connectivity index (χ4n) is 3.67. The predicted molar refractivity (Wildman–Crippen MR) is 108 cm³/mol. The Morgan fingerprint density at radius 3 is 2.77 bits per heavy atom. The first-order valence-electron chi connectivity index (χ1n) is 9.16. The minimum atomic E-state index is 0.0502. The predicted octanol–water partition coefficient (Wildman–Crippen LogP) is 5.13. The number of rotatable bonds is 3. The molecule has 3 aromatic rings. The molecule has 0 saturated carbocycles. The molecule has 1 aromatic carbocycles. The van der Waals surface area contributed by atoms with Crippen molar-refractivity contribution in [1.82, 2.24) is 9.55 Å². The molecule has 1 aliphatic rings. The van der Waals surface area contributed by atoms with Crippen LogP contribution in [0.25, 0.3) is 27.6 Å². The van der Waals surface area contributed by atoms with E-state index >= 15 is 0 Å². The number of fused-ring (bicyclic) bond motifs is 1. The molecule has 0 fully saturated rings. The van der Waals surface area contributed by atoms with Gasteiger partial charge < -0.3 is 0 Å². The number of benzene rings is 1. The van der Waals surface area contributed by atoms with Crippen LogP contribution in [0.5, 0.6) is 0 Å². The Kier molecular flexibility index (Phi) is 4.29. The van der Waals surface area contributed by atoms with Gasteiger partial charge in [0.1, 0.15) is 0 Å². The van der Waals surface area contributed by atoms with Gasteiger partial charge in [-0.1, -0.05) is 37.3 Å². The molecule has 4 rings (SSSR count). The van der Waals surface area contributed by atoms with Gasteiger partial charge in [0.15, 0.2) is 0 Å². The lowest BCUT2D eigenvalue weighted by molar-refractivity contribution is 0.895. The van der Waals surface area contributed by atoms with Crippen molar-refractivity contribution in [2.75, 3.05) is 0 Å². The van der Waals surface area contributed by atoms with Crippen molar-refractivity contribution in [3.8, 4) is 11.1 Å². The molecule has 0 radical (unpaired) electrons. The van der Waals surface area contributed by atoms with Crippen molar-refractivity contribution in [1.29, 1.82) is 0 Å². The number of allylic oxidation sites excluding steroid dienone is 4. The van der Waals surface area contributed by atoms with E-state index in [1.807, 2.05) is 42.1 Å². The fraction of sp³-hybridized carbons (Fsp3) is 0.217. The monoisotopic (exact) mass is 342 g/mol. The normalized spacial score (nSPS) is 13.8. The van der Waals surface area contributed by atoms with E-state index in [-0.39, 0.29) is 5.56 Å². The summed E-state index contributed by atoms with van der Waals surface area (Å²) in [6.45, 7) is 4.12. The van der Waals surface area contributed by atoms with E-state index in [4.69, 9.17) is 0 Å². The van der Waals surface area contributed by atoms with Gasteiger partial charge >= 0.3 is 0 Å². The van der Waals surface area contributed by atoms with Gasteiger partial charge in [0.05, 0.1) is 5.39 Å². The first-order valence-corrected chi connectivity index (χ1v) is 9.16. The molecule has 1 aliphatic carbocycles. The van der Waals surface area contributed by atoms with Gasteiger partial charge in [-0.05, 0) is 60.9 Å². The number of aryl methyl sites for hydroxylation is 2. The van der Waals surface area contributed by atoms with E-state index < -0.39 is 0 Å². The Hall–Kier alpha value is -2.94. The molecule has 2 aromatic heterocycles. The van der Waals surface area contributed by atoms with Crippen LogP contribution < -0.4 is 5.56 Å². The Morgan fingerprint density at radius 1 is 1.15 bits per heavy atom. The van der Waals surface area contributed by atoms with Gasteiger partial charge in [0.25, 0.3) is 5.56 Å². The van der Waals surface area contributed by atoms with Gasteiger partial charge in [-0.15, -0.1) is 0 Å². The van der Waals surface area contributed by atoms with Crippen LogP contribution in [-0.4, -0.2) is 9.55 Å². The largest absolute Gasteiger partial charge is 0.281 e. The Morgan fingerprint density at radius 2 is 2.04 bits per heavy atom. The Labute approximate surface area is 153 Å². The molecule has 3 nitrogen and oxygen atoms in total. The topological polar surface area (TPSA) is 34.9 Å². The highest BCUT2D eigenvalue weighted by Gasteiger charge is 2.15. The molecule has 2 heterocycles.